The highest BCUT2D eigenvalue weighted by Crippen LogP contribution is 2.39. The van der Waals surface area contributed by atoms with Crippen molar-refractivity contribution in [2.24, 2.45) is 11.7 Å². The van der Waals surface area contributed by atoms with E-state index in [2.05, 4.69) is 0 Å². The lowest BCUT2D eigenvalue weighted by Crippen LogP contribution is -2.55. The van der Waals surface area contributed by atoms with E-state index in [4.69, 9.17) is 5.73 Å². The first kappa shape index (κ1) is 10.9. The van der Waals surface area contributed by atoms with Gasteiger partial charge < -0.3 is 10.6 Å². The Morgan fingerprint density at radius 2 is 1.73 bits per heavy atom. The Morgan fingerprint density at radius 1 is 1.20 bits per heavy atom. The summed E-state index contributed by atoms with van der Waals surface area (Å²) in [7, 11) is 0. The summed E-state index contributed by atoms with van der Waals surface area (Å²) < 4.78 is 0. The van der Waals surface area contributed by atoms with Crippen LogP contribution in [0.15, 0.2) is 0 Å². The van der Waals surface area contributed by atoms with Crippen molar-refractivity contribution in [3.63, 3.8) is 0 Å². The number of nitrogens with two attached hydrogens (primary N) is 1. The van der Waals surface area contributed by atoms with Crippen molar-refractivity contribution in [3.05, 3.63) is 0 Å². The SMILES string of the molecule is CC(N)(C(=O)N1CCCCCC1)C1CC1. The van der Waals surface area contributed by atoms with Crippen LogP contribution in [0.1, 0.15) is 45.4 Å². The summed E-state index contributed by atoms with van der Waals surface area (Å²) in [4.78, 5) is 14.2. The van der Waals surface area contributed by atoms with E-state index in [1.165, 1.54) is 12.8 Å². The van der Waals surface area contributed by atoms with Gasteiger partial charge in [0.25, 0.3) is 0 Å². The molecule has 86 valence electrons. The first-order valence-corrected chi connectivity index (χ1v) is 6.20. The number of hydrogen-bond acceptors (Lipinski definition) is 2. The Balaban J connectivity index is 1.98. The van der Waals surface area contributed by atoms with Gasteiger partial charge in [-0.1, -0.05) is 12.8 Å². The fraction of sp³-hybridized carbons (Fsp3) is 0.917. The summed E-state index contributed by atoms with van der Waals surface area (Å²) in [5.41, 5.74) is 5.56. The van der Waals surface area contributed by atoms with E-state index in [9.17, 15) is 4.79 Å². The molecule has 3 nitrogen and oxygen atoms in total. The Morgan fingerprint density at radius 3 is 2.20 bits per heavy atom. The number of likely N-dealkylation sites (tertiary alicyclic amines) is 1. The molecule has 0 radical (unpaired) electrons. The van der Waals surface area contributed by atoms with E-state index in [1.807, 2.05) is 11.8 Å². The number of carbonyl (C=O) groups excluding carboxylic acids is 1. The van der Waals surface area contributed by atoms with Crippen LogP contribution in [-0.4, -0.2) is 29.4 Å². The average Bonchev–Trinajstić information content (AvgIpc) is 3.03. The molecule has 0 bridgehead atoms. The molecule has 0 aromatic rings. The molecule has 1 atom stereocenters. The average molecular weight is 210 g/mol. The largest absolute Gasteiger partial charge is 0.341 e. The number of hydrogen-bond donors (Lipinski definition) is 1. The maximum Gasteiger partial charge on any atom is 0.242 e. The van der Waals surface area contributed by atoms with Gasteiger partial charge in [0.1, 0.15) is 0 Å². The van der Waals surface area contributed by atoms with Gasteiger partial charge >= 0.3 is 0 Å². The molecule has 0 spiro atoms. The Labute approximate surface area is 92.0 Å². The summed E-state index contributed by atoms with van der Waals surface area (Å²) in [6.45, 7) is 3.74. The zero-order valence-corrected chi connectivity index (χ0v) is 9.67. The molecule has 1 unspecified atom stereocenters. The van der Waals surface area contributed by atoms with Crippen LogP contribution in [0.5, 0.6) is 0 Å². The van der Waals surface area contributed by atoms with Gasteiger partial charge in [-0.25, -0.2) is 0 Å². The molecule has 2 N–H and O–H groups in total. The van der Waals surface area contributed by atoms with Gasteiger partial charge in [-0.15, -0.1) is 0 Å². The van der Waals surface area contributed by atoms with Gasteiger partial charge in [-0.2, -0.15) is 0 Å². The fourth-order valence-electron chi connectivity index (χ4n) is 2.47. The molecule has 1 saturated heterocycles. The molecule has 1 aliphatic carbocycles. The van der Waals surface area contributed by atoms with Crippen LogP contribution in [0.4, 0.5) is 0 Å². The molecule has 1 aliphatic heterocycles. The summed E-state index contributed by atoms with van der Waals surface area (Å²) in [5.74, 6) is 0.625. The number of carbonyl (C=O) groups is 1. The predicted octanol–water partition coefficient (Wildman–Crippen LogP) is 1.52. The van der Waals surface area contributed by atoms with Crippen LogP contribution in [-0.2, 0) is 4.79 Å². The van der Waals surface area contributed by atoms with E-state index < -0.39 is 5.54 Å². The maximum absolute atomic E-state index is 12.3. The van der Waals surface area contributed by atoms with Crippen molar-refractivity contribution in [3.8, 4) is 0 Å². The summed E-state index contributed by atoms with van der Waals surface area (Å²) >= 11 is 0. The monoisotopic (exact) mass is 210 g/mol. The predicted molar refractivity (Wildman–Crippen MR) is 60.4 cm³/mol. The molecular weight excluding hydrogens is 188 g/mol. The first-order valence-electron chi connectivity index (χ1n) is 6.20. The standard InChI is InChI=1S/C12H22N2O/c1-12(13,10-6-7-10)11(15)14-8-4-2-3-5-9-14/h10H,2-9,13H2,1H3. The summed E-state index contributed by atoms with van der Waals surface area (Å²) in [6.07, 6.45) is 7.07. The van der Waals surface area contributed by atoms with Crippen molar-refractivity contribution in [1.29, 1.82) is 0 Å². The molecule has 0 aromatic carbocycles. The van der Waals surface area contributed by atoms with E-state index >= 15 is 0 Å². The molecule has 3 heteroatoms. The molecule has 1 amide bonds. The minimum atomic E-state index is -0.593. The summed E-state index contributed by atoms with van der Waals surface area (Å²) in [5, 5.41) is 0. The Hall–Kier alpha value is -0.570. The molecule has 1 saturated carbocycles. The van der Waals surface area contributed by atoms with Crippen LogP contribution in [0.25, 0.3) is 0 Å². The Bertz CT molecular complexity index is 238. The minimum Gasteiger partial charge on any atom is -0.341 e. The van der Waals surface area contributed by atoms with Crippen molar-refractivity contribution < 1.29 is 4.79 Å². The van der Waals surface area contributed by atoms with Crippen LogP contribution < -0.4 is 5.73 Å². The molecule has 2 fully saturated rings. The highest BCUT2D eigenvalue weighted by Gasteiger charge is 2.45. The third-order valence-corrected chi connectivity index (χ3v) is 3.78. The Kier molecular flexibility index (Phi) is 3.01. The molecule has 2 aliphatic rings. The van der Waals surface area contributed by atoms with Crippen LogP contribution >= 0.6 is 0 Å². The first-order chi connectivity index (χ1) is 7.12. The molecule has 15 heavy (non-hydrogen) atoms. The van der Waals surface area contributed by atoms with Gasteiger partial charge in [0, 0.05) is 13.1 Å². The number of amides is 1. The van der Waals surface area contributed by atoms with Gasteiger partial charge in [-0.05, 0) is 38.5 Å². The number of rotatable bonds is 2. The van der Waals surface area contributed by atoms with Crippen molar-refractivity contribution in [2.45, 2.75) is 51.0 Å². The van der Waals surface area contributed by atoms with Crippen LogP contribution in [0, 0.1) is 5.92 Å². The van der Waals surface area contributed by atoms with E-state index in [0.29, 0.717) is 5.92 Å². The highest BCUT2D eigenvalue weighted by atomic mass is 16.2. The lowest BCUT2D eigenvalue weighted by molar-refractivity contribution is -0.137. The zero-order valence-electron chi connectivity index (χ0n) is 9.67. The fourth-order valence-corrected chi connectivity index (χ4v) is 2.47. The molecule has 0 aromatic heterocycles. The van der Waals surface area contributed by atoms with Gasteiger partial charge in [0.15, 0.2) is 0 Å². The second kappa shape index (κ2) is 4.12. The molecular formula is C12H22N2O. The van der Waals surface area contributed by atoms with Gasteiger partial charge in [-0.3, -0.25) is 4.79 Å². The molecule has 2 rings (SSSR count). The van der Waals surface area contributed by atoms with E-state index in [-0.39, 0.29) is 5.91 Å². The second-order valence-corrected chi connectivity index (χ2v) is 5.26. The number of nitrogens with zero attached hydrogens (tertiary/aromatic N) is 1. The second-order valence-electron chi connectivity index (χ2n) is 5.26. The quantitative estimate of drug-likeness (QED) is 0.751. The van der Waals surface area contributed by atoms with Gasteiger partial charge in [0.05, 0.1) is 5.54 Å². The lowest BCUT2D eigenvalue weighted by Gasteiger charge is -2.31. The smallest absolute Gasteiger partial charge is 0.242 e. The third-order valence-electron chi connectivity index (χ3n) is 3.78. The van der Waals surface area contributed by atoms with Crippen molar-refractivity contribution in [2.75, 3.05) is 13.1 Å². The minimum absolute atomic E-state index is 0.187. The lowest BCUT2D eigenvalue weighted by atomic mass is 9.95. The topological polar surface area (TPSA) is 46.3 Å². The van der Waals surface area contributed by atoms with E-state index in [0.717, 1.165) is 38.8 Å². The van der Waals surface area contributed by atoms with Crippen LogP contribution in [0.2, 0.25) is 0 Å². The zero-order chi connectivity index (χ0) is 10.9. The highest BCUT2D eigenvalue weighted by molar-refractivity contribution is 5.86. The van der Waals surface area contributed by atoms with Crippen molar-refractivity contribution in [1.82, 2.24) is 4.90 Å². The van der Waals surface area contributed by atoms with Gasteiger partial charge in [0.2, 0.25) is 5.91 Å². The van der Waals surface area contributed by atoms with Crippen LogP contribution in [0.3, 0.4) is 0 Å². The summed E-state index contributed by atoms with van der Waals surface area (Å²) in [6, 6.07) is 0. The van der Waals surface area contributed by atoms with Crippen molar-refractivity contribution >= 4 is 5.91 Å². The maximum atomic E-state index is 12.3. The third kappa shape index (κ3) is 2.33. The van der Waals surface area contributed by atoms with E-state index in [1.54, 1.807) is 0 Å². The normalized spacial score (nSPS) is 26.9. The molecule has 1 heterocycles.